The highest BCUT2D eigenvalue weighted by molar-refractivity contribution is 5.75. The summed E-state index contributed by atoms with van der Waals surface area (Å²) in [6, 6.07) is 3.76. The molecule has 23 heavy (non-hydrogen) atoms. The lowest BCUT2D eigenvalue weighted by atomic mass is 10.1. The Bertz CT molecular complexity index is 740. The van der Waals surface area contributed by atoms with E-state index in [9.17, 15) is 0 Å². The van der Waals surface area contributed by atoms with Gasteiger partial charge >= 0.3 is 0 Å². The third-order valence-electron chi connectivity index (χ3n) is 3.67. The molecule has 5 nitrogen and oxygen atoms in total. The molecule has 2 rings (SSSR count). The summed E-state index contributed by atoms with van der Waals surface area (Å²) in [7, 11) is 4.80. The van der Waals surface area contributed by atoms with Gasteiger partial charge in [-0.05, 0) is 45.1 Å². The second-order valence-electron chi connectivity index (χ2n) is 5.12. The zero-order valence-corrected chi connectivity index (χ0v) is 14.4. The highest BCUT2D eigenvalue weighted by atomic mass is 16.5. The van der Waals surface area contributed by atoms with Gasteiger partial charge in [0.2, 0.25) is 5.75 Å². The molecule has 0 fully saturated rings. The first-order valence-electron chi connectivity index (χ1n) is 7.30. The molecule has 5 heteroatoms. The van der Waals surface area contributed by atoms with E-state index < -0.39 is 0 Å². The van der Waals surface area contributed by atoms with E-state index in [1.165, 1.54) is 0 Å². The predicted octanol–water partition coefficient (Wildman–Crippen LogP) is 3.60. The van der Waals surface area contributed by atoms with E-state index in [2.05, 4.69) is 9.97 Å². The summed E-state index contributed by atoms with van der Waals surface area (Å²) >= 11 is 0. The van der Waals surface area contributed by atoms with Crippen molar-refractivity contribution in [2.24, 2.45) is 0 Å². The maximum atomic E-state index is 5.48. The Labute approximate surface area is 136 Å². The van der Waals surface area contributed by atoms with Gasteiger partial charge in [-0.25, -0.2) is 4.98 Å². The smallest absolute Gasteiger partial charge is 0.203 e. The zero-order valence-electron chi connectivity index (χ0n) is 14.4. The first kappa shape index (κ1) is 16.8. The molecule has 0 aliphatic carbocycles. The van der Waals surface area contributed by atoms with Crippen LogP contribution in [0.1, 0.15) is 28.3 Å². The Morgan fingerprint density at radius 3 is 2.00 bits per heavy atom. The minimum Gasteiger partial charge on any atom is -0.493 e. The van der Waals surface area contributed by atoms with Gasteiger partial charge in [0.15, 0.2) is 11.5 Å². The molecule has 0 unspecified atom stereocenters. The van der Waals surface area contributed by atoms with E-state index in [-0.39, 0.29) is 0 Å². The van der Waals surface area contributed by atoms with E-state index in [0.717, 1.165) is 28.3 Å². The van der Waals surface area contributed by atoms with E-state index >= 15 is 0 Å². The van der Waals surface area contributed by atoms with Crippen molar-refractivity contribution >= 4 is 12.2 Å². The first-order valence-corrected chi connectivity index (χ1v) is 7.30. The standard InChI is InChI=1S/C18H22N2O3/c1-11-12(2)20-15(13(3)19-11)9-7-14-8-10-16(21-4)18(23-6)17(14)22-5/h7-10H,1-6H3. The highest BCUT2D eigenvalue weighted by Gasteiger charge is 2.14. The normalized spacial score (nSPS) is 10.9. The number of hydrogen-bond acceptors (Lipinski definition) is 5. The number of methoxy groups -OCH3 is 3. The average Bonchev–Trinajstić information content (AvgIpc) is 2.55. The van der Waals surface area contributed by atoms with E-state index in [1.54, 1.807) is 21.3 Å². The molecular formula is C18H22N2O3. The van der Waals surface area contributed by atoms with Crippen LogP contribution < -0.4 is 14.2 Å². The van der Waals surface area contributed by atoms with Crippen LogP contribution in [0.15, 0.2) is 12.1 Å². The third kappa shape index (κ3) is 3.44. The second kappa shape index (κ2) is 7.13. The number of benzene rings is 1. The van der Waals surface area contributed by atoms with Crippen molar-refractivity contribution in [1.29, 1.82) is 0 Å². The van der Waals surface area contributed by atoms with Crippen molar-refractivity contribution in [1.82, 2.24) is 9.97 Å². The SMILES string of the molecule is COc1ccc(C=Cc2nc(C)c(C)nc2C)c(OC)c1OC. The number of aromatic nitrogens is 2. The van der Waals surface area contributed by atoms with E-state index in [4.69, 9.17) is 14.2 Å². The van der Waals surface area contributed by atoms with Crippen LogP contribution in [0.2, 0.25) is 0 Å². The fraction of sp³-hybridized carbons (Fsp3) is 0.333. The van der Waals surface area contributed by atoms with Gasteiger partial charge in [0.05, 0.1) is 44.1 Å². The number of rotatable bonds is 5. The van der Waals surface area contributed by atoms with Crippen LogP contribution in [0.4, 0.5) is 0 Å². The van der Waals surface area contributed by atoms with Crippen molar-refractivity contribution in [3.05, 3.63) is 40.5 Å². The monoisotopic (exact) mass is 314 g/mol. The fourth-order valence-electron chi connectivity index (χ4n) is 2.31. The molecular weight excluding hydrogens is 292 g/mol. The Kier molecular flexibility index (Phi) is 5.21. The van der Waals surface area contributed by atoms with Crippen molar-refractivity contribution < 1.29 is 14.2 Å². The zero-order chi connectivity index (χ0) is 17.0. The molecule has 0 spiro atoms. The molecule has 0 aliphatic rings. The minimum atomic E-state index is 0.569. The van der Waals surface area contributed by atoms with Gasteiger partial charge in [-0.1, -0.05) is 0 Å². The quantitative estimate of drug-likeness (QED) is 0.844. The maximum Gasteiger partial charge on any atom is 0.203 e. The Balaban J connectivity index is 2.46. The fourth-order valence-corrected chi connectivity index (χ4v) is 2.31. The number of aryl methyl sites for hydroxylation is 3. The molecule has 0 N–H and O–H groups in total. The molecule has 1 aromatic heterocycles. The van der Waals surface area contributed by atoms with Crippen molar-refractivity contribution in [3.8, 4) is 17.2 Å². The second-order valence-corrected chi connectivity index (χ2v) is 5.12. The van der Waals surface area contributed by atoms with Crippen molar-refractivity contribution in [2.45, 2.75) is 20.8 Å². The third-order valence-corrected chi connectivity index (χ3v) is 3.67. The summed E-state index contributed by atoms with van der Waals surface area (Å²) in [5.41, 5.74) is 4.48. The molecule has 122 valence electrons. The van der Waals surface area contributed by atoms with Gasteiger partial charge in [-0.15, -0.1) is 0 Å². The Morgan fingerprint density at radius 1 is 0.739 bits per heavy atom. The largest absolute Gasteiger partial charge is 0.493 e. The number of ether oxygens (including phenoxy) is 3. The van der Waals surface area contributed by atoms with Gasteiger partial charge in [-0.3, -0.25) is 4.98 Å². The topological polar surface area (TPSA) is 53.5 Å². The molecule has 1 heterocycles. The van der Waals surface area contributed by atoms with Crippen LogP contribution in [0.5, 0.6) is 17.2 Å². The van der Waals surface area contributed by atoms with E-state index in [1.807, 2.05) is 45.1 Å². The van der Waals surface area contributed by atoms with Crippen LogP contribution in [0, 0.1) is 20.8 Å². The first-order chi connectivity index (χ1) is 11.0. The summed E-state index contributed by atoms with van der Waals surface area (Å²) in [4.78, 5) is 9.07. The molecule has 1 aromatic carbocycles. The van der Waals surface area contributed by atoms with Crippen LogP contribution in [0.25, 0.3) is 12.2 Å². The molecule has 0 aliphatic heterocycles. The van der Waals surface area contributed by atoms with E-state index in [0.29, 0.717) is 17.2 Å². The molecule has 0 saturated carbocycles. The Hall–Kier alpha value is -2.56. The highest BCUT2D eigenvalue weighted by Crippen LogP contribution is 2.40. The average molecular weight is 314 g/mol. The van der Waals surface area contributed by atoms with Crippen LogP contribution in [0.3, 0.4) is 0 Å². The minimum absolute atomic E-state index is 0.569. The van der Waals surface area contributed by atoms with Gasteiger partial charge in [0, 0.05) is 5.56 Å². The summed E-state index contributed by atoms with van der Waals surface area (Å²) in [6.07, 6.45) is 3.87. The molecule has 0 bridgehead atoms. The summed E-state index contributed by atoms with van der Waals surface area (Å²) in [5.74, 6) is 1.82. The van der Waals surface area contributed by atoms with Crippen LogP contribution >= 0.6 is 0 Å². The van der Waals surface area contributed by atoms with Gasteiger partial charge < -0.3 is 14.2 Å². The van der Waals surface area contributed by atoms with Crippen molar-refractivity contribution in [3.63, 3.8) is 0 Å². The number of nitrogens with zero attached hydrogens (tertiary/aromatic N) is 2. The van der Waals surface area contributed by atoms with Gasteiger partial charge in [0.25, 0.3) is 0 Å². The van der Waals surface area contributed by atoms with Crippen LogP contribution in [-0.4, -0.2) is 31.3 Å². The Morgan fingerprint density at radius 2 is 1.39 bits per heavy atom. The lowest BCUT2D eigenvalue weighted by Gasteiger charge is -2.14. The molecule has 2 aromatic rings. The summed E-state index contributed by atoms with van der Waals surface area (Å²) in [6.45, 7) is 5.86. The summed E-state index contributed by atoms with van der Waals surface area (Å²) in [5, 5.41) is 0. The molecule has 0 saturated heterocycles. The van der Waals surface area contributed by atoms with Gasteiger partial charge in [0.1, 0.15) is 0 Å². The maximum absolute atomic E-state index is 5.48. The molecule has 0 amide bonds. The lowest BCUT2D eigenvalue weighted by molar-refractivity contribution is 0.324. The molecule has 0 radical (unpaired) electrons. The van der Waals surface area contributed by atoms with Crippen LogP contribution in [-0.2, 0) is 0 Å². The lowest BCUT2D eigenvalue weighted by Crippen LogP contribution is -1.99. The van der Waals surface area contributed by atoms with Crippen molar-refractivity contribution in [2.75, 3.05) is 21.3 Å². The number of hydrogen-bond donors (Lipinski definition) is 0. The summed E-state index contributed by atoms with van der Waals surface area (Å²) < 4.78 is 16.2. The molecule has 0 atom stereocenters. The predicted molar refractivity (Wildman–Crippen MR) is 91.3 cm³/mol. The van der Waals surface area contributed by atoms with Gasteiger partial charge in [-0.2, -0.15) is 0 Å².